The van der Waals surface area contributed by atoms with Crippen LogP contribution in [0.2, 0.25) is 0 Å². The number of hydrogen-bond donors (Lipinski definition) is 0. The minimum Gasteiger partial charge on any atom is -0.469 e. The summed E-state index contributed by atoms with van der Waals surface area (Å²) >= 11 is 0. The fourth-order valence-electron chi connectivity index (χ4n) is 3.49. The lowest BCUT2D eigenvalue weighted by Gasteiger charge is -2.16. The molecule has 0 amide bonds. The first-order chi connectivity index (χ1) is 11.3. The highest BCUT2D eigenvalue weighted by molar-refractivity contribution is 5.68. The Morgan fingerprint density at radius 2 is 1.57 bits per heavy atom. The Balaban J connectivity index is 2.13. The van der Waals surface area contributed by atoms with Gasteiger partial charge in [0.1, 0.15) is 0 Å². The molecule has 0 heterocycles. The zero-order chi connectivity index (χ0) is 16.8. The fourth-order valence-corrected chi connectivity index (χ4v) is 3.49. The number of methoxy groups -OCH3 is 1. The van der Waals surface area contributed by atoms with E-state index < -0.39 is 0 Å². The van der Waals surface area contributed by atoms with E-state index in [1.807, 2.05) is 0 Å². The van der Waals surface area contributed by atoms with Gasteiger partial charge in [-0.15, -0.1) is 0 Å². The summed E-state index contributed by atoms with van der Waals surface area (Å²) in [6.45, 7) is 2.26. The van der Waals surface area contributed by atoms with Crippen molar-refractivity contribution in [1.82, 2.24) is 0 Å². The van der Waals surface area contributed by atoms with Gasteiger partial charge in [-0.05, 0) is 63.2 Å². The zero-order valence-corrected chi connectivity index (χ0v) is 15.3. The highest BCUT2D eigenvalue weighted by Gasteiger charge is 2.24. The Bertz CT molecular complexity index is 357. The van der Waals surface area contributed by atoms with Gasteiger partial charge in [-0.2, -0.15) is 0 Å². The summed E-state index contributed by atoms with van der Waals surface area (Å²) in [7, 11) is 1.46. The van der Waals surface area contributed by atoms with Crippen molar-refractivity contribution in [3.05, 3.63) is 24.3 Å². The standard InChI is InChI=1S/C21H36O2/c1-3-4-5-6-7-10-14-19-16-13-17-20(19)15-11-8-9-12-18-21(22)23-2/h7-8,10-11,19-20H,3-6,9,12-18H2,1-2H3/t19-,20-/m0/s1. The molecule has 1 saturated carbocycles. The Morgan fingerprint density at radius 1 is 0.957 bits per heavy atom. The highest BCUT2D eigenvalue weighted by Crippen LogP contribution is 2.36. The van der Waals surface area contributed by atoms with E-state index in [4.69, 9.17) is 0 Å². The molecule has 1 rings (SSSR count). The molecule has 1 aliphatic rings. The first kappa shape index (κ1) is 20.0. The molecule has 0 bridgehead atoms. The van der Waals surface area contributed by atoms with Crippen molar-refractivity contribution in [2.24, 2.45) is 11.8 Å². The predicted octanol–water partition coefficient (Wildman–Crippen LogP) is 6.22. The lowest BCUT2D eigenvalue weighted by molar-refractivity contribution is -0.140. The molecule has 1 aliphatic carbocycles. The molecule has 0 aliphatic heterocycles. The summed E-state index contributed by atoms with van der Waals surface area (Å²) < 4.78 is 4.65. The molecule has 0 N–H and O–H groups in total. The Morgan fingerprint density at radius 3 is 2.13 bits per heavy atom. The first-order valence-corrected chi connectivity index (χ1v) is 9.64. The average Bonchev–Trinajstić information content (AvgIpc) is 3.01. The third-order valence-corrected chi connectivity index (χ3v) is 4.98. The Hall–Kier alpha value is -1.05. The number of hydrogen-bond acceptors (Lipinski definition) is 2. The van der Waals surface area contributed by atoms with Gasteiger partial charge in [0.05, 0.1) is 7.11 Å². The average molecular weight is 321 g/mol. The summed E-state index contributed by atoms with van der Waals surface area (Å²) in [6.07, 6.45) is 23.8. The number of rotatable bonds is 12. The third kappa shape index (κ3) is 9.63. The van der Waals surface area contributed by atoms with Crippen LogP contribution in [0, 0.1) is 11.8 Å². The minimum absolute atomic E-state index is 0.0972. The van der Waals surface area contributed by atoms with Gasteiger partial charge in [-0.1, -0.05) is 50.5 Å². The SMILES string of the molecule is CCCCCC=CC[C@H]1CCC[C@@H]1CC=CCCCC(=O)OC. The van der Waals surface area contributed by atoms with Crippen molar-refractivity contribution < 1.29 is 9.53 Å². The predicted molar refractivity (Wildman–Crippen MR) is 98.4 cm³/mol. The van der Waals surface area contributed by atoms with Crippen molar-refractivity contribution in [3.8, 4) is 0 Å². The van der Waals surface area contributed by atoms with E-state index in [0.29, 0.717) is 6.42 Å². The maximum absolute atomic E-state index is 11.0. The van der Waals surface area contributed by atoms with E-state index in [-0.39, 0.29) is 5.97 Å². The molecule has 0 saturated heterocycles. The second-order valence-electron chi connectivity index (χ2n) is 6.83. The molecule has 0 aromatic heterocycles. The summed E-state index contributed by atoms with van der Waals surface area (Å²) in [6, 6.07) is 0. The molecule has 1 fully saturated rings. The first-order valence-electron chi connectivity index (χ1n) is 9.64. The van der Waals surface area contributed by atoms with Gasteiger partial charge in [0.25, 0.3) is 0 Å². The topological polar surface area (TPSA) is 26.3 Å². The van der Waals surface area contributed by atoms with E-state index in [1.54, 1.807) is 0 Å². The van der Waals surface area contributed by atoms with E-state index >= 15 is 0 Å². The Kier molecular flexibility index (Phi) is 11.6. The maximum Gasteiger partial charge on any atom is 0.305 e. The molecule has 0 aromatic carbocycles. The van der Waals surface area contributed by atoms with Crippen molar-refractivity contribution in [3.63, 3.8) is 0 Å². The molecular weight excluding hydrogens is 284 g/mol. The maximum atomic E-state index is 11.0. The van der Waals surface area contributed by atoms with Gasteiger partial charge in [0, 0.05) is 6.42 Å². The molecule has 2 nitrogen and oxygen atoms in total. The Labute approximate surface area is 143 Å². The van der Waals surface area contributed by atoms with Crippen LogP contribution in [-0.4, -0.2) is 13.1 Å². The van der Waals surface area contributed by atoms with Crippen LogP contribution in [0.4, 0.5) is 0 Å². The molecule has 2 heteroatoms. The normalized spacial score (nSPS) is 21.5. The van der Waals surface area contributed by atoms with Crippen LogP contribution in [-0.2, 0) is 9.53 Å². The van der Waals surface area contributed by atoms with Crippen LogP contribution < -0.4 is 0 Å². The molecular formula is C21H36O2. The van der Waals surface area contributed by atoms with Gasteiger partial charge in [0.2, 0.25) is 0 Å². The van der Waals surface area contributed by atoms with Gasteiger partial charge < -0.3 is 4.74 Å². The number of esters is 1. The lowest BCUT2D eigenvalue weighted by Crippen LogP contribution is -2.05. The molecule has 0 spiro atoms. The van der Waals surface area contributed by atoms with Gasteiger partial charge in [0.15, 0.2) is 0 Å². The van der Waals surface area contributed by atoms with Gasteiger partial charge in [-0.25, -0.2) is 0 Å². The quantitative estimate of drug-likeness (QED) is 0.242. The second kappa shape index (κ2) is 13.4. The van der Waals surface area contributed by atoms with Crippen molar-refractivity contribution in [2.45, 2.75) is 84.0 Å². The second-order valence-corrected chi connectivity index (χ2v) is 6.83. The molecule has 23 heavy (non-hydrogen) atoms. The van der Waals surface area contributed by atoms with E-state index in [2.05, 4.69) is 36.0 Å². The molecule has 0 radical (unpaired) electrons. The summed E-state index contributed by atoms with van der Waals surface area (Å²) in [4.78, 5) is 11.0. The highest BCUT2D eigenvalue weighted by atomic mass is 16.5. The van der Waals surface area contributed by atoms with E-state index in [9.17, 15) is 4.79 Å². The molecule has 0 unspecified atom stereocenters. The van der Waals surface area contributed by atoms with Crippen molar-refractivity contribution in [1.29, 1.82) is 0 Å². The summed E-state index contributed by atoms with van der Waals surface area (Å²) in [5.41, 5.74) is 0. The summed E-state index contributed by atoms with van der Waals surface area (Å²) in [5.74, 6) is 1.66. The minimum atomic E-state index is -0.0972. The third-order valence-electron chi connectivity index (χ3n) is 4.98. The van der Waals surface area contributed by atoms with E-state index in [1.165, 1.54) is 64.9 Å². The monoisotopic (exact) mass is 320 g/mol. The van der Waals surface area contributed by atoms with Crippen LogP contribution in [0.1, 0.15) is 84.0 Å². The van der Waals surface area contributed by atoms with Crippen LogP contribution >= 0.6 is 0 Å². The number of carbonyl (C=O) groups excluding carboxylic acids is 1. The molecule has 2 atom stereocenters. The number of allylic oxidation sites excluding steroid dienone is 4. The van der Waals surface area contributed by atoms with Crippen LogP contribution in [0.3, 0.4) is 0 Å². The van der Waals surface area contributed by atoms with Crippen LogP contribution in [0.5, 0.6) is 0 Å². The number of ether oxygens (including phenoxy) is 1. The lowest BCUT2D eigenvalue weighted by atomic mass is 9.89. The number of carbonyl (C=O) groups is 1. The van der Waals surface area contributed by atoms with E-state index in [0.717, 1.165) is 24.7 Å². The van der Waals surface area contributed by atoms with Crippen LogP contribution in [0.15, 0.2) is 24.3 Å². The van der Waals surface area contributed by atoms with Crippen LogP contribution in [0.25, 0.3) is 0 Å². The van der Waals surface area contributed by atoms with Gasteiger partial charge >= 0.3 is 5.97 Å². The number of unbranched alkanes of at least 4 members (excludes halogenated alkanes) is 4. The van der Waals surface area contributed by atoms with Gasteiger partial charge in [-0.3, -0.25) is 4.79 Å². The fraction of sp³-hybridized carbons (Fsp3) is 0.762. The van der Waals surface area contributed by atoms with Crippen molar-refractivity contribution >= 4 is 5.97 Å². The van der Waals surface area contributed by atoms with Crippen molar-refractivity contribution in [2.75, 3.05) is 7.11 Å². The molecule has 0 aromatic rings. The zero-order valence-electron chi connectivity index (χ0n) is 15.3. The smallest absolute Gasteiger partial charge is 0.305 e. The largest absolute Gasteiger partial charge is 0.469 e. The molecule has 132 valence electrons. The summed E-state index contributed by atoms with van der Waals surface area (Å²) in [5, 5.41) is 0.